The molecule has 3 N–H and O–H groups in total. The molecule has 2 rings (SSSR count). The molecule has 6 heteroatoms. The van der Waals surface area contributed by atoms with Crippen molar-refractivity contribution in [2.75, 3.05) is 12.8 Å². The monoisotopic (exact) mass is 257 g/mol. The Bertz CT molecular complexity index is 316. The summed E-state index contributed by atoms with van der Waals surface area (Å²) in [6.45, 7) is 0. The summed E-state index contributed by atoms with van der Waals surface area (Å²) < 4.78 is 0. The van der Waals surface area contributed by atoms with Gasteiger partial charge in [-0.1, -0.05) is 11.8 Å². The molecular formula is C11H19N3O2S. The Morgan fingerprint density at radius 3 is 2.59 bits per heavy atom. The molecule has 96 valence electrons. The molecule has 1 atom stereocenters. The summed E-state index contributed by atoms with van der Waals surface area (Å²) >= 11 is 1.18. The van der Waals surface area contributed by atoms with E-state index in [1.54, 1.807) is 4.90 Å². The zero-order valence-electron chi connectivity index (χ0n) is 10.0. The molecule has 0 aromatic heterocycles. The van der Waals surface area contributed by atoms with Crippen LogP contribution in [0.5, 0.6) is 0 Å². The molecule has 5 nitrogen and oxygen atoms in total. The lowest BCUT2D eigenvalue weighted by Crippen LogP contribution is -2.49. The molecule has 1 aliphatic carbocycles. The fraction of sp³-hybridized carbons (Fsp3) is 0.818. The molecule has 0 aromatic rings. The van der Waals surface area contributed by atoms with Crippen molar-refractivity contribution in [1.82, 2.24) is 10.2 Å². The summed E-state index contributed by atoms with van der Waals surface area (Å²) in [6, 6.07) is 0.231. The van der Waals surface area contributed by atoms with E-state index in [0.29, 0.717) is 5.75 Å². The van der Waals surface area contributed by atoms with Crippen molar-refractivity contribution < 1.29 is 9.59 Å². The van der Waals surface area contributed by atoms with Crippen LogP contribution in [0.4, 0.5) is 4.79 Å². The standard InChI is InChI=1S/C11H19N3O2S/c1-14(8-4-2-7(12)3-5-8)10(15)9-6-17-11(16)13-9/h7-9H,2-6,12H2,1H3,(H,13,16). The van der Waals surface area contributed by atoms with E-state index in [1.807, 2.05) is 7.05 Å². The average molecular weight is 257 g/mol. The van der Waals surface area contributed by atoms with Crippen molar-refractivity contribution >= 4 is 22.9 Å². The van der Waals surface area contributed by atoms with Gasteiger partial charge in [0.2, 0.25) is 5.91 Å². The molecule has 1 unspecified atom stereocenters. The number of nitrogens with two attached hydrogens (primary N) is 1. The largest absolute Gasteiger partial charge is 0.341 e. The van der Waals surface area contributed by atoms with Gasteiger partial charge >= 0.3 is 0 Å². The average Bonchev–Trinajstić information content (AvgIpc) is 2.75. The second-order valence-corrected chi connectivity index (χ2v) is 5.81. The van der Waals surface area contributed by atoms with Crippen LogP contribution in [0, 0.1) is 0 Å². The Balaban J connectivity index is 1.88. The van der Waals surface area contributed by atoms with Crippen LogP contribution in [0.3, 0.4) is 0 Å². The first-order valence-electron chi connectivity index (χ1n) is 6.03. The van der Waals surface area contributed by atoms with Gasteiger partial charge in [0, 0.05) is 24.9 Å². The van der Waals surface area contributed by atoms with Crippen LogP contribution in [0.1, 0.15) is 25.7 Å². The second kappa shape index (κ2) is 5.27. The number of thioether (sulfide) groups is 1. The van der Waals surface area contributed by atoms with Gasteiger partial charge in [-0.2, -0.15) is 0 Å². The second-order valence-electron chi connectivity index (χ2n) is 4.81. The van der Waals surface area contributed by atoms with Crippen molar-refractivity contribution in [1.29, 1.82) is 0 Å². The summed E-state index contributed by atoms with van der Waals surface area (Å²) in [4.78, 5) is 25.0. The van der Waals surface area contributed by atoms with Gasteiger partial charge in [-0.3, -0.25) is 9.59 Å². The number of nitrogens with zero attached hydrogens (tertiary/aromatic N) is 1. The van der Waals surface area contributed by atoms with Gasteiger partial charge in [-0.15, -0.1) is 0 Å². The third kappa shape index (κ3) is 2.93. The highest BCUT2D eigenvalue weighted by Crippen LogP contribution is 2.23. The smallest absolute Gasteiger partial charge is 0.279 e. The summed E-state index contributed by atoms with van der Waals surface area (Å²) in [6.07, 6.45) is 3.90. The highest BCUT2D eigenvalue weighted by atomic mass is 32.2. The van der Waals surface area contributed by atoms with E-state index < -0.39 is 0 Å². The lowest BCUT2D eigenvalue weighted by molar-refractivity contribution is -0.133. The maximum atomic E-state index is 12.1. The van der Waals surface area contributed by atoms with Gasteiger partial charge in [0.05, 0.1) is 0 Å². The summed E-state index contributed by atoms with van der Waals surface area (Å²) in [5.74, 6) is 0.581. The fourth-order valence-corrected chi connectivity index (χ4v) is 3.20. The Morgan fingerprint density at radius 1 is 1.41 bits per heavy atom. The lowest BCUT2D eigenvalue weighted by Gasteiger charge is -2.34. The van der Waals surface area contributed by atoms with E-state index in [0.717, 1.165) is 25.7 Å². The molecule has 0 radical (unpaired) electrons. The molecule has 17 heavy (non-hydrogen) atoms. The van der Waals surface area contributed by atoms with E-state index in [-0.39, 0.29) is 29.3 Å². The van der Waals surface area contributed by atoms with E-state index in [9.17, 15) is 9.59 Å². The molecule has 0 aromatic carbocycles. The summed E-state index contributed by atoms with van der Waals surface area (Å²) in [5, 5.41) is 2.60. The van der Waals surface area contributed by atoms with Crippen LogP contribution >= 0.6 is 11.8 Å². The number of rotatable bonds is 2. The molecule has 0 spiro atoms. The molecule has 2 amide bonds. The Labute approximate surface area is 105 Å². The predicted octanol–water partition coefficient (Wildman–Crippen LogP) is 0.540. The van der Waals surface area contributed by atoms with Gasteiger partial charge < -0.3 is 16.0 Å². The third-order valence-electron chi connectivity index (χ3n) is 3.61. The fourth-order valence-electron chi connectivity index (χ4n) is 2.43. The van der Waals surface area contributed by atoms with Crippen LogP contribution < -0.4 is 11.1 Å². The van der Waals surface area contributed by atoms with Crippen molar-refractivity contribution in [2.45, 2.75) is 43.8 Å². The minimum atomic E-state index is -0.340. The molecular weight excluding hydrogens is 238 g/mol. The zero-order valence-corrected chi connectivity index (χ0v) is 10.8. The van der Waals surface area contributed by atoms with Crippen LogP contribution in [0.2, 0.25) is 0 Å². The first-order chi connectivity index (χ1) is 8.08. The lowest BCUT2D eigenvalue weighted by atomic mass is 9.91. The van der Waals surface area contributed by atoms with Crippen LogP contribution in [-0.4, -0.2) is 47.0 Å². The van der Waals surface area contributed by atoms with Gasteiger partial charge in [0.25, 0.3) is 5.24 Å². The molecule has 1 aliphatic heterocycles. The Morgan fingerprint density at radius 2 is 2.06 bits per heavy atom. The topological polar surface area (TPSA) is 75.4 Å². The quantitative estimate of drug-likeness (QED) is 0.757. The maximum absolute atomic E-state index is 12.1. The van der Waals surface area contributed by atoms with Crippen LogP contribution in [-0.2, 0) is 4.79 Å². The molecule has 1 heterocycles. The van der Waals surface area contributed by atoms with Crippen LogP contribution in [0.15, 0.2) is 0 Å². The van der Waals surface area contributed by atoms with E-state index >= 15 is 0 Å². The van der Waals surface area contributed by atoms with Gasteiger partial charge in [0.1, 0.15) is 6.04 Å². The number of amides is 2. The van der Waals surface area contributed by atoms with E-state index in [1.165, 1.54) is 11.8 Å². The van der Waals surface area contributed by atoms with Gasteiger partial charge in [-0.25, -0.2) is 0 Å². The molecule has 0 bridgehead atoms. The van der Waals surface area contributed by atoms with E-state index in [2.05, 4.69) is 5.32 Å². The Hall–Kier alpha value is -0.750. The molecule has 1 saturated heterocycles. The van der Waals surface area contributed by atoms with Crippen molar-refractivity contribution in [3.8, 4) is 0 Å². The van der Waals surface area contributed by atoms with Crippen molar-refractivity contribution in [3.05, 3.63) is 0 Å². The number of carbonyl (C=O) groups excluding carboxylic acids is 2. The summed E-state index contributed by atoms with van der Waals surface area (Å²) in [5.41, 5.74) is 5.85. The van der Waals surface area contributed by atoms with Gasteiger partial charge in [0.15, 0.2) is 0 Å². The minimum absolute atomic E-state index is 0.0313. The SMILES string of the molecule is CN(C(=O)C1CSC(=O)N1)C1CCC(N)CC1. The predicted molar refractivity (Wildman–Crippen MR) is 67.8 cm³/mol. The Kier molecular flexibility index (Phi) is 3.93. The first kappa shape index (κ1) is 12.7. The molecule has 1 saturated carbocycles. The zero-order chi connectivity index (χ0) is 12.4. The normalized spacial score (nSPS) is 33.3. The number of hydrogen-bond acceptors (Lipinski definition) is 4. The number of hydrogen-bond donors (Lipinski definition) is 2. The number of likely N-dealkylation sites (N-methyl/N-ethyl adjacent to an activating group) is 1. The molecule has 2 fully saturated rings. The summed E-state index contributed by atoms with van der Waals surface area (Å²) in [7, 11) is 1.83. The number of nitrogens with one attached hydrogen (secondary N) is 1. The minimum Gasteiger partial charge on any atom is -0.341 e. The number of carbonyl (C=O) groups is 2. The molecule has 2 aliphatic rings. The van der Waals surface area contributed by atoms with Gasteiger partial charge in [-0.05, 0) is 25.7 Å². The highest BCUT2D eigenvalue weighted by molar-refractivity contribution is 8.14. The maximum Gasteiger partial charge on any atom is 0.279 e. The first-order valence-corrected chi connectivity index (χ1v) is 7.02. The van der Waals surface area contributed by atoms with Crippen LogP contribution in [0.25, 0.3) is 0 Å². The van der Waals surface area contributed by atoms with E-state index in [4.69, 9.17) is 5.73 Å². The highest BCUT2D eigenvalue weighted by Gasteiger charge is 2.33. The van der Waals surface area contributed by atoms with Crippen molar-refractivity contribution in [3.63, 3.8) is 0 Å². The van der Waals surface area contributed by atoms with Crippen molar-refractivity contribution in [2.24, 2.45) is 5.73 Å². The third-order valence-corrected chi connectivity index (χ3v) is 4.49.